The first-order chi connectivity index (χ1) is 9.04. The van der Waals surface area contributed by atoms with Gasteiger partial charge in [-0.2, -0.15) is 0 Å². The molecular weight excluding hydrogens is 415 g/mol. The number of thiophene rings is 1. The van der Waals surface area contributed by atoms with E-state index >= 15 is 0 Å². The normalized spacial score (nSPS) is 11.3. The quantitative estimate of drug-likeness (QED) is 0.544. The first kappa shape index (κ1) is 13.5. The second-order valence-electron chi connectivity index (χ2n) is 4.03. The van der Waals surface area contributed by atoms with Crippen LogP contribution in [0.5, 0.6) is 0 Å². The van der Waals surface area contributed by atoms with Crippen LogP contribution in [0.4, 0.5) is 4.39 Å². The molecule has 0 saturated carbocycles. The number of nitrogens with one attached hydrogen (secondary N) is 1. The predicted molar refractivity (Wildman–Crippen MR) is 85.9 cm³/mol. The van der Waals surface area contributed by atoms with Crippen molar-refractivity contribution in [2.45, 2.75) is 6.54 Å². The summed E-state index contributed by atoms with van der Waals surface area (Å²) in [4.78, 5) is 4.22. The highest BCUT2D eigenvalue weighted by molar-refractivity contribution is 9.10. The fourth-order valence-electron chi connectivity index (χ4n) is 1.90. The molecule has 0 aliphatic rings. The fraction of sp³-hybridized carbons (Fsp3) is 0.0833. The Kier molecular flexibility index (Phi) is 3.63. The SMILES string of the molecule is Fc1cc2[nH]c(=S)n(Cc3cc(Br)cs3)c2cc1Br. The van der Waals surface area contributed by atoms with E-state index in [1.165, 1.54) is 10.9 Å². The van der Waals surface area contributed by atoms with Crippen molar-refractivity contribution < 1.29 is 4.39 Å². The third-order valence-corrected chi connectivity index (χ3v) is 5.36. The van der Waals surface area contributed by atoms with Gasteiger partial charge < -0.3 is 9.55 Å². The smallest absolute Gasteiger partial charge is 0.178 e. The fourth-order valence-corrected chi connectivity index (χ4v) is 3.94. The highest BCUT2D eigenvalue weighted by atomic mass is 79.9. The van der Waals surface area contributed by atoms with Crippen LogP contribution in [0.25, 0.3) is 11.0 Å². The summed E-state index contributed by atoms with van der Waals surface area (Å²) in [5, 5.41) is 2.03. The second kappa shape index (κ2) is 5.12. The summed E-state index contributed by atoms with van der Waals surface area (Å²) in [6.07, 6.45) is 0. The molecule has 0 fully saturated rings. The minimum atomic E-state index is -0.297. The van der Waals surface area contributed by atoms with Gasteiger partial charge in [0.1, 0.15) is 5.82 Å². The van der Waals surface area contributed by atoms with Gasteiger partial charge >= 0.3 is 0 Å². The molecule has 2 aromatic heterocycles. The van der Waals surface area contributed by atoms with Crippen LogP contribution in [0, 0.1) is 10.6 Å². The molecule has 3 rings (SSSR count). The van der Waals surface area contributed by atoms with Gasteiger partial charge in [0.05, 0.1) is 22.1 Å². The van der Waals surface area contributed by atoms with Gasteiger partial charge in [0.25, 0.3) is 0 Å². The minimum absolute atomic E-state index is 0.297. The third kappa shape index (κ3) is 2.56. The molecular formula is C12H7Br2FN2S2. The number of fused-ring (bicyclic) bond motifs is 1. The molecule has 0 bridgehead atoms. The molecule has 0 unspecified atom stereocenters. The van der Waals surface area contributed by atoms with E-state index in [1.54, 1.807) is 17.4 Å². The highest BCUT2D eigenvalue weighted by Crippen LogP contribution is 2.26. The zero-order valence-corrected chi connectivity index (χ0v) is 14.2. The lowest BCUT2D eigenvalue weighted by Crippen LogP contribution is -1.97. The van der Waals surface area contributed by atoms with Crippen molar-refractivity contribution in [3.05, 3.63) is 48.0 Å². The van der Waals surface area contributed by atoms with Gasteiger partial charge in [-0.25, -0.2) is 4.39 Å². The number of imidazole rings is 1. The van der Waals surface area contributed by atoms with Gasteiger partial charge in [-0.15, -0.1) is 11.3 Å². The van der Waals surface area contributed by atoms with E-state index in [0.717, 1.165) is 9.99 Å². The molecule has 2 nitrogen and oxygen atoms in total. The van der Waals surface area contributed by atoms with Crippen molar-refractivity contribution in [1.29, 1.82) is 0 Å². The van der Waals surface area contributed by atoms with E-state index in [-0.39, 0.29) is 5.82 Å². The Morgan fingerprint density at radius 1 is 1.32 bits per heavy atom. The van der Waals surface area contributed by atoms with E-state index in [9.17, 15) is 4.39 Å². The molecule has 0 aliphatic heterocycles. The maximum atomic E-state index is 13.5. The molecule has 0 radical (unpaired) electrons. The molecule has 1 N–H and O–H groups in total. The van der Waals surface area contributed by atoms with Crippen LogP contribution in [0.1, 0.15) is 4.88 Å². The van der Waals surface area contributed by atoms with Crippen molar-refractivity contribution >= 4 is 66.4 Å². The summed E-state index contributed by atoms with van der Waals surface area (Å²) < 4.78 is 17.6. The van der Waals surface area contributed by atoms with Gasteiger partial charge in [-0.3, -0.25) is 0 Å². The predicted octanol–water partition coefficient (Wildman–Crippen LogP) is 5.47. The summed E-state index contributed by atoms with van der Waals surface area (Å²) in [7, 11) is 0. The third-order valence-electron chi connectivity index (χ3n) is 2.75. The summed E-state index contributed by atoms with van der Waals surface area (Å²) >= 11 is 13.6. The zero-order chi connectivity index (χ0) is 13.6. The summed E-state index contributed by atoms with van der Waals surface area (Å²) in [6, 6.07) is 5.26. The van der Waals surface area contributed by atoms with Crippen LogP contribution < -0.4 is 0 Å². The Morgan fingerprint density at radius 3 is 2.79 bits per heavy atom. The van der Waals surface area contributed by atoms with Gasteiger partial charge in [0.2, 0.25) is 0 Å². The van der Waals surface area contributed by atoms with Crippen LogP contribution in [0.2, 0.25) is 0 Å². The van der Waals surface area contributed by atoms with Crippen LogP contribution in [0.3, 0.4) is 0 Å². The van der Waals surface area contributed by atoms with E-state index in [0.29, 0.717) is 21.3 Å². The molecule has 0 amide bonds. The monoisotopic (exact) mass is 420 g/mol. The van der Waals surface area contributed by atoms with Crippen LogP contribution >= 0.6 is 55.4 Å². The Balaban J connectivity index is 2.15. The van der Waals surface area contributed by atoms with Gasteiger partial charge in [0.15, 0.2) is 4.77 Å². The van der Waals surface area contributed by atoms with Crippen molar-refractivity contribution in [1.82, 2.24) is 9.55 Å². The molecule has 7 heteroatoms. The van der Waals surface area contributed by atoms with Crippen molar-refractivity contribution in [2.24, 2.45) is 0 Å². The number of halogens is 3. The molecule has 1 aromatic carbocycles. The van der Waals surface area contributed by atoms with E-state index in [4.69, 9.17) is 12.2 Å². The number of aromatic nitrogens is 2. The molecule has 0 saturated heterocycles. The van der Waals surface area contributed by atoms with Crippen molar-refractivity contribution in [3.8, 4) is 0 Å². The standard InChI is InChI=1S/C12H7Br2FN2S2/c13-6-1-7(19-5-6)4-17-11-2-8(14)9(15)3-10(11)16-12(17)18/h1-3,5H,4H2,(H,16,18). The Labute approximate surface area is 134 Å². The van der Waals surface area contributed by atoms with Crippen LogP contribution in [-0.4, -0.2) is 9.55 Å². The topological polar surface area (TPSA) is 20.7 Å². The molecule has 3 aromatic rings. The lowest BCUT2D eigenvalue weighted by Gasteiger charge is -2.03. The number of aromatic amines is 1. The summed E-state index contributed by atoms with van der Waals surface area (Å²) in [6.45, 7) is 0.674. The number of hydrogen-bond acceptors (Lipinski definition) is 2. The molecule has 2 heterocycles. The number of rotatable bonds is 2. The van der Waals surface area contributed by atoms with Crippen LogP contribution in [-0.2, 0) is 6.54 Å². The number of H-pyrrole nitrogens is 1. The molecule has 19 heavy (non-hydrogen) atoms. The minimum Gasteiger partial charge on any atom is -0.330 e. The summed E-state index contributed by atoms with van der Waals surface area (Å²) in [5.74, 6) is -0.297. The lowest BCUT2D eigenvalue weighted by molar-refractivity contribution is 0.622. The Bertz CT molecular complexity index is 819. The molecule has 0 spiro atoms. The van der Waals surface area contributed by atoms with E-state index < -0.39 is 0 Å². The molecule has 0 aliphatic carbocycles. The highest BCUT2D eigenvalue weighted by Gasteiger charge is 2.10. The average Bonchev–Trinajstić information content (AvgIpc) is 2.87. The first-order valence-corrected chi connectivity index (χ1v) is 8.22. The van der Waals surface area contributed by atoms with Gasteiger partial charge in [0, 0.05) is 20.8 Å². The number of nitrogens with zero attached hydrogens (tertiary/aromatic N) is 1. The van der Waals surface area contributed by atoms with E-state index in [2.05, 4.69) is 42.9 Å². The largest absolute Gasteiger partial charge is 0.330 e. The second-order valence-corrected chi connectivity index (χ2v) is 7.18. The van der Waals surface area contributed by atoms with Crippen LogP contribution in [0.15, 0.2) is 32.5 Å². The van der Waals surface area contributed by atoms with Gasteiger partial charge in [-0.1, -0.05) is 0 Å². The number of hydrogen-bond donors (Lipinski definition) is 1. The molecule has 0 atom stereocenters. The Hall–Kier alpha value is -0.500. The van der Waals surface area contributed by atoms with Gasteiger partial charge in [-0.05, 0) is 56.2 Å². The maximum Gasteiger partial charge on any atom is 0.178 e. The summed E-state index contributed by atoms with van der Waals surface area (Å²) in [5.41, 5.74) is 1.60. The molecule has 98 valence electrons. The first-order valence-electron chi connectivity index (χ1n) is 5.35. The maximum absolute atomic E-state index is 13.5. The average molecular weight is 422 g/mol. The zero-order valence-electron chi connectivity index (χ0n) is 9.41. The number of benzene rings is 1. The van der Waals surface area contributed by atoms with E-state index in [1.807, 2.05) is 9.95 Å². The lowest BCUT2D eigenvalue weighted by atomic mass is 10.3. The Morgan fingerprint density at radius 2 is 2.11 bits per heavy atom. The van der Waals surface area contributed by atoms with Crippen molar-refractivity contribution in [2.75, 3.05) is 0 Å². The van der Waals surface area contributed by atoms with Crippen molar-refractivity contribution in [3.63, 3.8) is 0 Å².